The van der Waals surface area contributed by atoms with Crippen LogP contribution in [0.5, 0.6) is 0 Å². The van der Waals surface area contributed by atoms with E-state index < -0.39 is 15.9 Å². The molecular weight excluding hydrogens is 437 g/mol. The fourth-order valence-corrected chi connectivity index (χ4v) is 4.69. The Balaban J connectivity index is 1.84. The number of nitrogens with zero attached hydrogens (tertiary/aromatic N) is 1. The Bertz CT molecular complexity index is 1160. The van der Waals surface area contributed by atoms with Gasteiger partial charge in [0, 0.05) is 17.0 Å². The number of hydrogen-bond acceptors (Lipinski definition) is 5. The monoisotopic (exact) mass is 453 g/mol. The van der Waals surface area contributed by atoms with Gasteiger partial charge in [-0.05, 0) is 44.2 Å². The van der Waals surface area contributed by atoms with Crippen molar-refractivity contribution in [3.05, 3.63) is 64.2 Å². The largest absolute Gasteiger partial charge is 0.298 e. The molecule has 0 aliphatic rings. The summed E-state index contributed by atoms with van der Waals surface area (Å²) in [5.41, 5.74) is 1.08. The number of benzene rings is 2. The van der Waals surface area contributed by atoms with E-state index in [4.69, 9.17) is 11.6 Å². The van der Waals surface area contributed by atoms with E-state index in [1.807, 2.05) is 0 Å². The molecule has 1 amide bonds. The van der Waals surface area contributed by atoms with Crippen LogP contribution < -0.4 is 10.0 Å². The predicted molar refractivity (Wildman–Crippen MR) is 112 cm³/mol. The summed E-state index contributed by atoms with van der Waals surface area (Å²) in [5.74, 6) is -0.988. The minimum Gasteiger partial charge on any atom is -0.298 e. The lowest BCUT2D eigenvalue weighted by Crippen LogP contribution is -2.30. The highest BCUT2D eigenvalue weighted by molar-refractivity contribution is 7.89. The standard InChI is InChI=1S/C19H17ClFN3O3S2/c1-11(2)24-29(26,27)14-6-7-16(20)15(9-14)18(25)23-19-22-17(10-28-19)12-4-3-5-13(21)8-12/h3-11,24H,1-2H3,(H,22,23,25). The van der Waals surface area contributed by atoms with Gasteiger partial charge in [0.1, 0.15) is 5.82 Å². The Hall–Kier alpha value is -2.33. The third-order valence-corrected chi connectivity index (χ3v) is 6.47. The van der Waals surface area contributed by atoms with Crippen LogP contribution in [0.3, 0.4) is 0 Å². The molecule has 0 saturated carbocycles. The van der Waals surface area contributed by atoms with Crippen molar-refractivity contribution in [3.8, 4) is 11.3 Å². The maximum Gasteiger partial charge on any atom is 0.259 e. The van der Waals surface area contributed by atoms with Crippen molar-refractivity contribution < 1.29 is 17.6 Å². The van der Waals surface area contributed by atoms with Crippen LogP contribution in [0.4, 0.5) is 9.52 Å². The van der Waals surface area contributed by atoms with Gasteiger partial charge >= 0.3 is 0 Å². The van der Waals surface area contributed by atoms with Crippen LogP contribution in [-0.2, 0) is 10.0 Å². The average Bonchev–Trinajstić information content (AvgIpc) is 3.09. The molecule has 0 spiro atoms. The number of aromatic nitrogens is 1. The Labute approximate surface area is 176 Å². The molecule has 3 aromatic rings. The number of halogens is 2. The first-order valence-electron chi connectivity index (χ1n) is 8.50. The molecule has 152 valence electrons. The van der Waals surface area contributed by atoms with E-state index in [9.17, 15) is 17.6 Å². The third kappa shape index (κ3) is 5.18. The highest BCUT2D eigenvalue weighted by atomic mass is 35.5. The van der Waals surface area contributed by atoms with Gasteiger partial charge in [-0.2, -0.15) is 0 Å². The van der Waals surface area contributed by atoms with E-state index in [1.165, 1.54) is 30.3 Å². The fourth-order valence-electron chi connectivity index (χ4n) is 2.50. The second-order valence-corrected chi connectivity index (χ2v) is 9.40. The molecule has 0 atom stereocenters. The van der Waals surface area contributed by atoms with Crippen molar-refractivity contribution in [2.45, 2.75) is 24.8 Å². The summed E-state index contributed by atoms with van der Waals surface area (Å²) in [5, 5.41) is 4.66. The lowest BCUT2D eigenvalue weighted by molar-refractivity contribution is 0.102. The molecule has 3 rings (SSSR count). The Morgan fingerprint density at radius 3 is 2.66 bits per heavy atom. The number of nitrogens with one attached hydrogen (secondary N) is 2. The van der Waals surface area contributed by atoms with Gasteiger partial charge in [0.05, 0.1) is 21.2 Å². The molecule has 0 unspecified atom stereocenters. The van der Waals surface area contributed by atoms with Crippen molar-refractivity contribution in [3.63, 3.8) is 0 Å². The van der Waals surface area contributed by atoms with Crippen LogP contribution in [-0.4, -0.2) is 25.4 Å². The second kappa shape index (κ2) is 8.58. The van der Waals surface area contributed by atoms with Crippen molar-refractivity contribution in [1.29, 1.82) is 0 Å². The van der Waals surface area contributed by atoms with Crippen molar-refractivity contribution >= 4 is 44.0 Å². The van der Waals surface area contributed by atoms with Crippen LogP contribution in [0.1, 0.15) is 24.2 Å². The van der Waals surface area contributed by atoms with Crippen LogP contribution in [0.2, 0.25) is 5.02 Å². The third-order valence-electron chi connectivity index (χ3n) is 3.73. The van der Waals surface area contributed by atoms with E-state index in [0.717, 1.165) is 11.3 Å². The SMILES string of the molecule is CC(C)NS(=O)(=O)c1ccc(Cl)c(C(=O)Nc2nc(-c3cccc(F)c3)cs2)c1. The highest BCUT2D eigenvalue weighted by Crippen LogP contribution is 2.27. The zero-order chi connectivity index (χ0) is 21.2. The number of hydrogen-bond donors (Lipinski definition) is 2. The molecule has 29 heavy (non-hydrogen) atoms. The van der Waals surface area contributed by atoms with E-state index in [0.29, 0.717) is 11.3 Å². The number of carbonyl (C=O) groups is 1. The number of carbonyl (C=O) groups excluding carboxylic acids is 1. The summed E-state index contributed by atoms with van der Waals surface area (Å²) in [6.07, 6.45) is 0. The van der Waals surface area contributed by atoms with E-state index in [2.05, 4.69) is 15.0 Å². The molecule has 1 aromatic heterocycles. The number of amides is 1. The topological polar surface area (TPSA) is 88.2 Å². The maximum absolute atomic E-state index is 13.4. The zero-order valence-electron chi connectivity index (χ0n) is 15.4. The second-order valence-electron chi connectivity index (χ2n) is 6.42. The van der Waals surface area contributed by atoms with Gasteiger partial charge in [-0.3, -0.25) is 10.1 Å². The summed E-state index contributed by atoms with van der Waals surface area (Å²) in [4.78, 5) is 16.8. The molecule has 0 aliphatic carbocycles. The number of anilines is 1. The molecule has 2 N–H and O–H groups in total. The van der Waals surface area contributed by atoms with E-state index >= 15 is 0 Å². The Kier molecular flexibility index (Phi) is 6.33. The minimum atomic E-state index is -3.78. The van der Waals surface area contributed by atoms with Gasteiger partial charge in [0.15, 0.2) is 5.13 Å². The first kappa shape index (κ1) is 21.4. The number of thiazole rings is 1. The molecule has 0 saturated heterocycles. The first-order valence-corrected chi connectivity index (χ1v) is 11.2. The molecule has 1 heterocycles. The lowest BCUT2D eigenvalue weighted by atomic mass is 10.2. The fraction of sp³-hybridized carbons (Fsp3) is 0.158. The predicted octanol–water partition coefficient (Wildman–Crippen LogP) is 4.54. The van der Waals surface area contributed by atoms with E-state index in [1.54, 1.807) is 31.4 Å². The van der Waals surface area contributed by atoms with Gasteiger partial charge in [0.2, 0.25) is 10.0 Å². The summed E-state index contributed by atoms with van der Waals surface area (Å²) in [6, 6.07) is 9.54. The molecule has 0 fully saturated rings. The minimum absolute atomic E-state index is 0.000744. The molecule has 0 bridgehead atoms. The molecule has 10 heteroatoms. The van der Waals surface area contributed by atoms with Crippen molar-refractivity contribution in [2.24, 2.45) is 0 Å². The lowest BCUT2D eigenvalue weighted by Gasteiger charge is -2.11. The first-order chi connectivity index (χ1) is 13.7. The van der Waals surface area contributed by atoms with Gasteiger partial charge in [0.25, 0.3) is 5.91 Å². The van der Waals surface area contributed by atoms with Gasteiger partial charge in [-0.25, -0.2) is 22.5 Å². The maximum atomic E-state index is 13.4. The Morgan fingerprint density at radius 1 is 1.21 bits per heavy atom. The smallest absolute Gasteiger partial charge is 0.259 e. The Morgan fingerprint density at radius 2 is 1.97 bits per heavy atom. The quantitative estimate of drug-likeness (QED) is 0.573. The van der Waals surface area contributed by atoms with Gasteiger partial charge in [-0.1, -0.05) is 23.7 Å². The summed E-state index contributed by atoms with van der Waals surface area (Å²) >= 11 is 7.25. The molecular formula is C19H17ClFN3O3S2. The van der Waals surface area contributed by atoms with Gasteiger partial charge in [-0.15, -0.1) is 11.3 Å². The average molecular weight is 454 g/mol. The van der Waals surface area contributed by atoms with Gasteiger partial charge < -0.3 is 0 Å². The summed E-state index contributed by atoms with van der Waals surface area (Å²) < 4.78 is 40.5. The van der Waals surface area contributed by atoms with Crippen LogP contribution >= 0.6 is 22.9 Å². The molecule has 0 aliphatic heterocycles. The number of rotatable bonds is 6. The van der Waals surface area contributed by atoms with Crippen molar-refractivity contribution in [1.82, 2.24) is 9.71 Å². The molecule has 0 radical (unpaired) electrons. The summed E-state index contributed by atoms with van der Waals surface area (Å²) in [7, 11) is -3.78. The molecule has 6 nitrogen and oxygen atoms in total. The zero-order valence-corrected chi connectivity index (χ0v) is 17.8. The highest BCUT2D eigenvalue weighted by Gasteiger charge is 2.20. The summed E-state index contributed by atoms with van der Waals surface area (Å²) in [6.45, 7) is 3.39. The molecule has 2 aromatic carbocycles. The number of sulfonamides is 1. The van der Waals surface area contributed by atoms with Crippen LogP contribution in [0.15, 0.2) is 52.7 Å². The van der Waals surface area contributed by atoms with Crippen LogP contribution in [0, 0.1) is 5.82 Å². The van der Waals surface area contributed by atoms with Crippen molar-refractivity contribution in [2.75, 3.05) is 5.32 Å². The van der Waals surface area contributed by atoms with Crippen LogP contribution in [0.25, 0.3) is 11.3 Å². The van der Waals surface area contributed by atoms with E-state index in [-0.39, 0.29) is 32.5 Å². The normalized spacial score (nSPS) is 11.6.